The molecule has 2 aromatic rings. The van der Waals surface area contributed by atoms with E-state index in [9.17, 15) is 4.79 Å². The van der Waals surface area contributed by atoms with Crippen molar-refractivity contribution in [2.24, 2.45) is 0 Å². The van der Waals surface area contributed by atoms with Crippen LogP contribution in [0, 0.1) is 6.92 Å². The number of benzene rings is 1. The third kappa shape index (κ3) is 5.43. The largest absolute Gasteiger partial charge is 0.337 e. The lowest BCUT2D eigenvalue weighted by Crippen LogP contribution is -2.38. The van der Waals surface area contributed by atoms with Gasteiger partial charge in [0.25, 0.3) is 0 Å². The molecular formula is C23H33N3O2. The Morgan fingerprint density at radius 2 is 1.86 bits per heavy atom. The number of likely N-dealkylation sites (tertiary alicyclic amines) is 1. The van der Waals surface area contributed by atoms with Crippen LogP contribution in [0.5, 0.6) is 0 Å². The Kier molecular flexibility index (Phi) is 7.63. The highest BCUT2D eigenvalue weighted by Crippen LogP contribution is 2.32. The molecule has 1 fully saturated rings. The molecule has 1 aliphatic heterocycles. The van der Waals surface area contributed by atoms with Gasteiger partial charge in [-0.3, -0.25) is 4.79 Å². The summed E-state index contributed by atoms with van der Waals surface area (Å²) in [5, 5.41) is 4.16. The Balaban J connectivity index is 1.60. The lowest BCUT2D eigenvalue weighted by Gasteiger charge is -2.33. The van der Waals surface area contributed by atoms with Crippen LogP contribution in [-0.2, 0) is 4.79 Å². The summed E-state index contributed by atoms with van der Waals surface area (Å²) in [6.07, 6.45) is 10.8. The molecule has 152 valence electrons. The van der Waals surface area contributed by atoms with Gasteiger partial charge in [0.15, 0.2) is 0 Å². The van der Waals surface area contributed by atoms with E-state index in [0.29, 0.717) is 18.1 Å². The summed E-state index contributed by atoms with van der Waals surface area (Å²) < 4.78 is 5.58. The molecule has 0 spiro atoms. The number of nitrogens with zero attached hydrogens (tertiary/aromatic N) is 3. The fourth-order valence-corrected chi connectivity index (χ4v) is 3.88. The molecule has 1 atom stereocenters. The highest BCUT2D eigenvalue weighted by atomic mass is 16.5. The van der Waals surface area contributed by atoms with Crippen LogP contribution >= 0.6 is 0 Å². The van der Waals surface area contributed by atoms with Crippen molar-refractivity contribution in [3.63, 3.8) is 0 Å². The maximum absolute atomic E-state index is 12.8. The minimum Gasteiger partial charge on any atom is -0.337 e. The first-order chi connectivity index (χ1) is 13.7. The number of amides is 1. The van der Waals surface area contributed by atoms with Gasteiger partial charge in [0.2, 0.25) is 17.6 Å². The van der Waals surface area contributed by atoms with Crippen LogP contribution in [0.3, 0.4) is 0 Å². The van der Waals surface area contributed by atoms with Crippen LogP contribution in [0.1, 0.15) is 88.6 Å². The van der Waals surface area contributed by atoms with E-state index >= 15 is 0 Å². The zero-order valence-corrected chi connectivity index (χ0v) is 17.3. The van der Waals surface area contributed by atoms with E-state index in [0.717, 1.165) is 44.2 Å². The van der Waals surface area contributed by atoms with Crippen molar-refractivity contribution in [3.05, 3.63) is 35.7 Å². The average Bonchev–Trinajstić information content (AvgIpc) is 3.21. The molecule has 28 heavy (non-hydrogen) atoms. The van der Waals surface area contributed by atoms with E-state index < -0.39 is 0 Å². The number of carbonyl (C=O) groups excluding carboxylic acids is 1. The predicted octanol–water partition coefficient (Wildman–Crippen LogP) is 5.85. The summed E-state index contributed by atoms with van der Waals surface area (Å²) in [6, 6.07) is 8.02. The van der Waals surface area contributed by atoms with Crippen LogP contribution < -0.4 is 0 Å². The van der Waals surface area contributed by atoms with Gasteiger partial charge in [0.05, 0.1) is 0 Å². The molecule has 0 saturated carbocycles. The molecule has 0 aliphatic carbocycles. The molecule has 1 aromatic carbocycles. The second kappa shape index (κ2) is 10.4. The second-order valence-electron chi connectivity index (χ2n) is 7.94. The van der Waals surface area contributed by atoms with Gasteiger partial charge in [-0.1, -0.05) is 74.0 Å². The Morgan fingerprint density at radius 1 is 1.11 bits per heavy atom. The van der Waals surface area contributed by atoms with E-state index in [4.69, 9.17) is 4.52 Å². The SMILES string of the molecule is CCCCCCCCC(=O)N1CCCCC1c1nc(-c2ccc(C)cc2)no1. The number of carbonyl (C=O) groups is 1. The van der Waals surface area contributed by atoms with Gasteiger partial charge < -0.3 is 9.42 Å². The minimum atomic E-state index is -0.0759. The summed E-state index contributed by atoms with van der Waals surface area (Å²) in [5.74, 6) is 1.41. The molecule has 1 unspecified atom stereocenters. The standard InChI is InChI=1S/C23H33N3O2/c1-3-4-5-6-7-8-12-21(27)26-17-10-9-11-20(26)23-24-22(25-28-23)19-15-13-18(2)14-16-19/h13-16,20H,3-12,17H2,1-2H3. The number of aromatic nitrogens is 2. The number of hydrogen-bond donors (Lipinski definition) is 0. The molecule has 1 amide bonds. The summed E-state index contributed by atoms with van der Waals surface area (Å²) >= 11 is 0. The van der Waals surface area contributed by atoms with Crippen molar-refractivity contribution in [2.45, 2.75) is 84.1 Å². The van der Waals surface area contributed by atoms with Crippen LogP contribution in [0.15, 0.2) is 28.8 Å². The molecule has 3 rings (SSSR count). The van der Waals surface area contributed by atoms with Crippen molar-refractivity contribution >= 4 is 5.91 Å². The zero-order valence-electron chi connectivity index (χ0n) is 17.3. The van der Waals surface area contributed by atoms with Crippen molar-refractivity contribution < 1.29 is 9.32 Å². The van der Waals surface area contributed by atoms with Crippen LogP contribution in [-0.4, -0.2) is 27.5 Å². The topological polar surface area (TPSA) is 59.2 Å². The highest BCUT2D eigenvalue weighted by Gasteiger charge is 2.31. The molecular weight excluding hydrogens is 350 g/mol. The van der Waals surface area contributed by atoms with E-state index in [1.807, 2.05) is 29.2 Å². The summed E-state index contributed by atoms with van der Waals surface area (Å²) in [4.78, 5) is 19.4. The molecule has 1 aromatic heterocycles. The summed E-state index contributed by atoms with van der Waals surface area (Å²) in [5.41, 5.74) is 2.15. The van der Waals surface area contributed by atoms with Gasteiger partial charge >= 0.3 is 0 Å². The van der Waals surface area contributed by atoms with Gasteiger partial charge in [-0.25, -0.2) is 0 Å². The Bertz CT molecular complexity index is 739. The van der Waals surface area contributed by atoms with Crippen molar-refractivity contribution in [1.29, 1.82) is 0 Å². The normalized spacial score (nSPS) is 17.1. The molecule has 1 saturated heterocycles. The molecule has 1 aliphatic rings. The van der Waals surface area contributed by atoms with Crippen molar-refractivity contribution in [1.82, 2.24) is 15.0 Å². The first kappa shape index (κ1) is 20.6. The third-order valence-electron chi connectivity index (χ3n) is 5.60. The van der Waals surface area contributed by atoms with Gasteiger partial charge in [-0.05, 0) is 32.6 Å². The van der Waals surface area contributed by atoms with Crippen molar-refractivity contribution in [2.75, 3.05) is 6.54 Å². The van der Waals surface area contributed by atoms with Gasteiger partial charge in [-0.2, -0.15) is 4.98 Å². The molecule has 2 heterocycles. The van der Waals surface area contributed by atoms with Crippen molar-refractivity contribution in [3.8, 4) is 11.4 Å². The van der Waals surface area contributed by atoms with Crippen LogP contribution in [0.4, 0.5) is 0 Å². The molecule has 0 N–H and O–H groups in total. The Morgan fingerprint density at radius 3 is 2.64 bits per heavy atom. The second-order valence-corrected chi connectivity index (χ2v) is 7.94. The summed E-state index contributed by atoms with van der Waals surface area (Å²) in [6.45, 7) is 5.07. The smallest absolute Gasteiger partial charge is 0.249 e. The van der Waals surface area contributed by atoms with Crippen LogP contribution in [0.25, 0.3) is 11.4 Å². The molecule has 0 bridgehead atoms. The molecule has 5 nitrogen and oxygen atoms in total. The Labute approximate surface area is 168 Å². The first-order valence-electron chi connectivity index (χ1n) is 10.9. The lowest BCUT2D eigenvalue weighted by atomic mass is 10.0. The summed E-state index contributed by atoms with van der Waals surface area (Å²) in [7, 11) is 0. The van der Waals surface area contributed by atoms with Gasteiger partial charge in [0.1, 0.15) is 6.04 Å². The van der Waals surface area contributed by atoms with Gasteiger partial charge in [-0.15, -0.1) is 0 Å². The van der Waals surface area contributed by atoms with E-state index in [1.54, 1.807) is 0 Å². The van der Waals surface area contributed by atoms with Gasteiger partial charge in [0, 0.05) is 18.5 Å². The fourth-order valence-electron chi connectivity index (χ4n) is 3.88. The number of hydrogen-bond acceptors (Lipinski definition) is 4. The quantitative estimate of drug-likeness (QED) is 0.510. The lowest BCUT2D eigenvalue weighted by molar-refractivity contribution is -0.135. The third-order valence-corrected chi connectivity index (χ3v) is 5.60. The number of aryl methyl sites for hydroxylation is 1. The molecule has 0 radical (unpaired) electrons. The minimum absolute atomic E-state index is 0.0759. The van der Waals surface area contributed by atoms with E-state index in [2.05, 4.69) is 24.0 Å². The number of piperidine rings is 1. The molecule has 5 heteroatoms. The number of unbranched alkanes of at least 4 members (excludes halogenated alkanes) is 5. The predicted molar refractivity (Wildman–Crippen MR) is 111 cm³/mol. The fraction of sp³-hybridized carbons (Fsp3) is 0.609. The van der Waals surface area contributed by atoms with Crippen LogP contribution in [0.2, 0.25) is 0 Å². The first-order valence-corrected chi connectivity index (χ1v) is 10.9. The highest BCUT2D eigenvalue weighted by molar-refractivity contribution is 5.76. The van der Waals surface area contributed by atoms with E-state index in [1.165, 1.54) is 31.2 Å². The monoisotopic (exact) mass is 383 g/mol. The van der Waals surface area contributed by atoms with E-state index in [-0.39, 0.29) is 11.9 Å². The maximum atomic E-state index is 12.8. The zero-order chi connectivity index (χ0) is 19.8. The number of rotatable bonds is 9. The maximum Gasteiger partial charge on any atom is 0.249 e. The average molecular weight is 384 g/mol. The Hall–Kier alpha value is -2.17.